The van der Waals surface area contributed by atoms with Crippen molar-refractivity contribution in [2.24, 2.45) is 0 Å². The van der Waals surface area contributed by atoms with Gasteiger partial charge >= 0.3 is 0 Å². The van der Waals surface area contributed by atoms with E-state index in [-0.39, 0.29) is 23.2 Å². The summed E-state index contributed by atoms with van der Waals surface area (Å²) in [5.74, 6) is -0.637. The van der Waals surface area contributed by atoms with Gasteiger partial charge in [-0.05, 0) is 42.7 Å². The fourth-order valence-corrected chi connectivity index (χ4v) is 4.94. The molecule has 3 heterocycles. The van der Waals surface area contributed by atoms with E-state index in [9.17, 15) is 14.4 Å². The molecule has 1 atom stereocenters. The van der Waals surface area contributed by atoms with Crippen LogP contribution in [0.5, 0.6) is 0 Å². The van der Waals surface area contributed by atoms with E-state index in [1.54, 1.807) is 4.90 Å². The van der Waals surface area contributed by atoms with E-state index in [1.807, 2.05) is 43.3 Å². The number of para-hydroxylation sites is 1. The number of pyridine rings is 1. The number of anilines is 2. The number of nitrogen functional groups attached to an aromatic ring is 1. The smallest absolute Gasteiger partial charge is 0.265 e. The van der Waals surface area contributed by atoms with Crippen molar-refractivity contribution in [3.63, 3.8) is 0 Å². The van der Waals surface area contributed by atoms with Gasteiger partial charge in [-0.2, -0.15) is 0 Å². The second kappa shape index (κ2) is 10.5. The lowest BCUT2D eigenvalue weighted by Crippen LogP contribution is -2.49. The fraction of sp³-hybridized carbons (Fsp3) is 0.240. The van der Waals surface area contributed by atoms with Crippen molar-refractivity contribution in [2.45, 2.75) is 32.4 Å². The summed E-state index contributed by atoms with van der Waals surface area (Å²) in [6, 6.07) is 11.9. The molecule has 3 aromatic rings. The summed E-state index contributed by atoms with van der Waals surface area (Å²) in [7, 11) is 0. The number of amides is 3. The largest absolute Gasteiger partial charge is 0.383 e. The van der Waals surface area contributed by atoms with Crippen LogP contribution in [0, 0.1) is 5.41 Å². The third-order valence-corrected chi connectivity index (χ3v) is 7.05. The zero-order valence-corrected chi connectivity index (χ0v) is 20.0. The number of nitrogens with zero attached hydrogens (tertiary/aromatic N) is 2. The minimum atomic E-state index is -0.704. The predicted molar refractivity (Wildman–Crippen MR) is 136 cm³/mol. The number of thiophene rings is 1. The standard InChI is InChI=1S/C25H26N6O3S/c1-2-19(30-23(32)16-10-15(12-26)22(27)28-13-16)25(34)31-9-8-20-17(14-31)11-21(35-20)24(33)29-18-6-4-3-5-7-18/h3-7,10-13,19,26H,2,8-9,14H2,1H3,(H2,27,28)(H,29,33)(H,30,32)/t19-/m1/s1. The molecule has 0 fully saturated rings. The van der Waals surface area contributed by atoms with Crippen molar-refractivity contribution in [3.8, 4) is 0 Å². The molecule has 0 saturated heterocycles. The number of carbonyl (C=O) groups is 3. The van der Waals surface area contributed by atoms with Gasteiger partial charge in [0.25, 0.3) is 11.8 Å². The second-order valence-corrected chi connectivity index (χ2v) is 9.30. The van der Waals surface area contributed by atoms with E-state index < -0.39 is 11.9 Å². The fourth-order valence-electron chi connectivity index (χ4n) is 3.88. The van der Waals surface area contributed by atoms with Crippen molar-refractivity contribution < 1.29 is 14.4 Å². The molecule has 0 saturated carbocycles. The number of fused-ring (bicyclic) bond motifs is 1. The zero-order valence-electron chi connectivity index (χ0n) is 19.2. The summed E-state index contributed by atoms with van der Waals surface area (Å²) in [6.45, 7) is 2.73. The van der Waals surface area contributed by atoms with Crippen LogP contribution in [-0.2, 0) is 17.8 Å². The molecule has 180 valence electrons. The molecular formula is C25H26N6O3S. The van der Waals surface area contributed by atoms with Crippen LogP contribution in [0.4, 0.5) is 11.5 Å². The Balaban J connectivity index is 1.42. The van der Waals surface area contributed by atoms with Gasteiger partial charge < -0.3 is 26.7 Å². The molecule has 9 nitrogen and oxygen atoms in total. The maximum atomic E-state index is 13.2. The van der Waals surface area contributed by atoms with Gasteiger partial charge in [-0.15, -0.1) is 11.3 Å². The third kappa shape index (κ3) is 5.38. The van der Waals surface area contributed by atoms with Crippen LogP contribution in [0.15, 0.2) is 48.7 Å². The van der Waals surface area contributed by atoms with E-state index in [1.165, 1.54) is 23.6 Å². The lowest BCUT2D eigenvalue weighted by atomic mass is 10.1. The quantitative estimate of drug-likeness (QED) is 0.377. The normalized spacial score (nSPS) is 13.5. The molecule has 1 aliphatic rings. The molecule has 5 N–H and O–H groups in total. The van der Waals surface area contributed by atoms with Crippen molar-refractivity contribution in [2.75, 3.05) is 17.6 Å². The monoisotopic (exact) mass is 490 g/mol. The topological polar surface area (TPSA) is 141 Å². The first-order valence-electron chi connectivity index (χ1n) is 11.2. The first kappa shape index (κ1) is 24.1. The Bertz CT molecular complexity index is 1270. The predicted octanol–water partition coefficient (Wildman–Crippen LogP) is 3.07. The molecule has 0 unspecified atom stereocenters. The highest BCUT2D eigenvalue weighted by Crippen LogP contribution is 2.29. The van der Waals surface area contributed by atoms with E-state index in [2.05, 4.69) is 15.6 Å². The number of rotatable bonds is 7. The first-order valence-corrected chi connectivity index (χ1v) is 12.0. The van der Waals surface area contributed by atoms with Crippen molar-refractivity contribution >= 4 is 46.8 Å². The van der Waals surface area contributed by atoms with E-state index >= 15 is 0 Å². The van der Waals surface area contributed by atoms with Gasteiger partial charge in [-0.1, -0.05) is 25.1 Å². The highest BCUT2D eigenvalue weighted by molar-refractivity contribution is 7.14. The molecule has 1 aliphatic heterocycles. The summed E-state index contributed by atoms with van der Waals surface area (Å²) in [4.78, 5) is 46.0. The number of carbonyl (C=O) groups excluding carboxylic acids is 3. The maximum absolute atomic E-state index is 13.2. The summed E-state index contributed by atoms with van der Waals surface area (Å²) in [6.07, 6.45) is 3.43. The Labute approximate surface area is 206 Å². The van der Waals surface area contributed by atoms with Gasteiger partial charge in [0.1, 0.15) is 11.9 Å². The van der Waals surface area contributed by atoms with Crippen LogP contribution in [0.2, 0.25) is 0 Å². The molecule has 0 radical (unpaired) electrons. The van der Waals surface area contributed by atoms with Gasteiger partial charge in [0.05, 0.1) is 10.4 Å². The molecule has 3 amide bonds. The molecule has 35 heavy (non-hydrogen) atoms. The van der Waals surface area contributed by atoms with Gasteiger partial charge in [0.2, 0.25) is 5.91 Å². The molecule has 0 aliphatic carbocycles. The van der Waals surface area contributed by atoms with Gasteiger partial charge in [0, 0.05) is 41.6 Å². The lowest BCUT2D eigenvalue weighted by Gasteiger charge is -2.30. The number of nitrogens with one attached hydrogen (secondary N) is 3. The van der Waals surface area contributed by atoms with E-state index in [0.717, 1.165) is 22.3 Å². The Hall–Kier alpha value is -4.05. The maximum Gasteiger partial charge on any atom is 0.265 e. The van der Waals surface area contributed by atoms with Crippen LogP contribution in [0.1, 0.15) is 49.4 Å². The van der Waals surface area contributed by atoms with E-state index in [0.29, 0.717) is 36.4 Å². The minimum Gasteiger partial charge on any atom is -0.383 e. The van der Waals surface area contributed by atoms with Crippen LogP contribution in [0.25, 0.3) is 0 Å². The second-order valence-electron chi connectivity index (χ2n) is 8.17. The van der Waals surface area contributed by atoms with Gasteiger partial charge in [-0.25, -0.2) is 4.98 Å². The average Bonchev–Trinajstić information content (AvgIpc) is 3.31. The third-order valence-electron chi connectivity index (χ3n) is 5.81. The Morgan fingerprint density at radius 3 is 2.71 bits per heavy atom. The van der Waals surface area contributed by atoms with Crippen LogP contribution in [-0.4, -0.2) is 46.4 Å². The summed E-state index contributed by atoms with van der Waals surface area (Å²) < 4.78 is 0. The zero-order chi connectivity index (χ0) is 24.9. The number of nitrogens with two attached hydrogens (primary N) is 1. The van der Waals surface area contributed by atoms with Crippen LogP contribution in [0.3, 0.4) is 0 Å². The van der Waals surface area contributed by atoms with Crippen LogP contribution < -0.4 is 16.4 Å². The van der Waals surface area contributed by atoms with E-state index in [4.69, 9.17) is 11.1 Å². The number of aromatic nitrogens is 1. The minimum absolute atomic E-state index is 0.163. The molecule has 0 spiro atoms. The Morgan fingerprint density at radius 2 is 2.00 bits per heavy atom. The summed E-state index contributed by atoms with van der Waals surface area (Å²) >= 11 is 1.45. The molecule has 10 heteroatoms. The highest BCUT2D eigenvalue weighted by Gasteiger charge is 2.29. The SMILES string of the molecule is CC[C@@H](NC(=O)c1cnc(N)c(C=N)c1)C(=O)N1CCc2sc(C(=O)Nc3ccccc3)cc2C1. The molecule has 0 bridgehead atoms. The van der Waals surface area contributed by atoms with Crippen molar-refractivity contribution in [3.05, 3.63) is 75.1 Å². The van der Waals surface area contributed by atoms with Gasteiger partial charge in [-0.3, -0.25) is 14.4 Å². The average molecular weight is 491 g/mol. The Morgan fingerprint density at radius 1 is 1.23 bits per heavy atom. The summed E-state index contributed by atoms with van der Waals surface area (Å²) in [5, 5.41) is 13.1. The number of hydrogen-bond acceptors (Lipinski definition) is 7. The number of hydrogen-bond donors (Lipinski definition) is 4. The lowest BCUT2D eigenvalue weighted by molar-refractivity contribution is -0.134. The summed E-state index contributed by atoms with van der Waals surface area (Å²) in [5.41, 5.74) is 7.94. The van der Waals surface area contributed by atoms with Gasteiger partial charge in [0.15, 0.2) is 0 Å². The van der Waals surface area contributed by atoms with Crippen molar-refractivity contribution in [1.82, 2.24) is 15.2 Å². The Kier molecular flexibility index (Phi) is 7.21. The molecule has 1 aromatic carbocycles. The number of benzene rings is 1. The molecule has 2 aromatic heterocycles. The van der Waals surface area contributed by atoms with Crippen LogP contribution >= 0.6 is 11.3 Å². The highest BCUT2D eigenvalue weighted by atomic mass is 32.1. The first-order chi connectivity index (χ1) is 16.9. The molecular weight excluding hydrogens is 464 g/mol. The van der Waals surface area contributed by atoms with Crippen molar-refractivity contribution in [1.29, 1.82) is 5.41 Å². The molecule has 4 rings (SSSR count).